The molecule has 20 heavy (non-hydrogen) atoms. The Morgan fingerprint density at radius 1 is 1.20 bits per heavy atom. The molecular formula is C14H23NO5. The normalized spacial score (nSPS) is 12.8. The van der Waals surface area contributed by atoms with Crippen LogP contribution in [-0.2, 0) is 14.4 Å². The van der Waals surface area contributed by atoms with Crippen molar-refractivity contribution in [2.75, 3.05) is 0 Å². The predicted molar refractivity (Wildman–Crippen MR) is 74.3 cm³/mol. The summed E-state index contributed by atoms with van der Waals surface area (Å²) in [4.78, 5) is 33.2. The molecule has 0 heterocycles. The maximum absolute atomic E-state index is 11.8. The van der Waals surface area contributed by atoms with Crippen molar-refractivity contribution in [3.63, 3.8) is 0 Å². The summed E-state index contributed by atoms with van der Waals surface area (Å²) in [7, 11) is 0. The van der Waals surface area contributed by atoms with E-state index in [0.29, 0.717) is 5.57 Å². The molecule has 0 aliphatic rings. The molecule has 0 spiro atoms. The topological polar surface area (TPSA) is 104 Å². The molecule has 0 fully saturated rings. The zero-order valence-corrected chi connectivity index (χ0v) is 12.0. The molecule has 114 valence electrons. The molecule has 3 N–H and O–H groups in total. The molecule has 0 radical (unpaired) electrons. The Bertz CT molecular complexity index is 376. The highest BCUT2D eigenvalue weighted by atomic mass is 16.4. The fraction of sp³-hybridized carbons (Fsp3) is 0.643. The fourth-order valence-corrected chi connectivity index (χ4v) is 1.60. The first-order valence-corrected chi connectivity index (χ1v) is 6.80. The van der Waals surface area contributed by atoms with Crippen molar-refractivity contribution in [3.8, 4) is 0 Å². The van der Waals surface area contributed by atoms with Crippen LogP contribution in [0.3, 0.4) is 0 Å². The minimum Gasteiger partial charge on any atom is -0.481 e. The van der Waals surface area contributed by atoms with E-state index in [1.807, 2.05) is 0 Å². The van der Waals surface area contributed by atoms with Crippen molar-refractivity contribution in [1.29, 1.82) is 0 Å². The van der Waals surface area contributed by atoms with Gasteiger partial charge >= 0.3 is 11.9 Å². The summed E-state index contributed by atoms with van der Waals surface area (Å²) in [5.74, 6) is -2.77. The van der Waals surface area contributed by atoms with E-state index in [9.17, 15) is 14.4 Å². The van der Waals surface area contributed by atoms with E-state index >= 15 is 0 Å². The van der Waals surface area contributed by atoms with E-state index in [1.165, 1.54) is 0 Å². The van der Waals surface area contributed by atoms with Gasteiger partial charge in [0.2, 0.25) is 5.91 Å². The van der Waals surface area contributed by atoms with Crippen LogP contribution in [0.15, 0.2) is 11.6 Å². The predicted octanol–water partition coefficient (Wildman–Crippen LogP) is 1.95. The quantitative estimate of drug-likeness (QED) is 0.420. The summed E-state index contributed by atoms with van der Waals surface area (Å²) in [5, 5.41) is 19.8. The van der Waals surface area contributed by atoms with Gasteiger partial charge in [-0.3, -0.25) is 9.59 Å². The second-order valence-electron chi connectivity index (χ2n) is 4.68. The van der Waals surface area contributed by atoms with Gasteiger partial charge in [0.25, 0.3) is 0 Å². The molecule has 1 amide bonds. The van der Waals surface area contributed by atoms with Gasteiger partial charge in [-0.2, -0.15) is 0 Å². The zero-order valence-electron chi connectivity index (χ0n) is 12.0. The maximum Gasteiger partial charge on any atom is 0.326 e. The first kappa shape index (κ1) is 18.1. The van der Waals surface area contributed by atoms with Crippen LogP contribution >= 0.6 is 0 Å². The standard InChI is InChI=1S/C14H23NO5/c1-3-4-5-6-7-10(2)13(18)15-11(14(19)20)8-9-12(16)17/h7,11H,3-6,8-9H2,1-2H3,(H,15,18)(H,16,17)(H,19,20)/b10-7+. The number of unbranched alkanes of at least 4 members (excludes halogenated alkanes) is 3. The van der Waals surface area contributed by atoms with E-state index in [-0.39, 0.29) is 12.8 Å². The molecule has 0 aliphatic heterocycles. The van der Waals surface area contributed by atoms with E-state index in [0.717, 1.165) is 25.7 Å². The van der Waals surface area contributed by atoms with E-state index < -0.39 is 23.9 Å². The van der Waals surface area contributed by atoms with Crippen LogP contribution < -0.4 is 5.32 Å². The number of rotatable bonds is 10. The number of hydrogen-bond acceptors (Lipinski definition) is 3. The van der Waals surface area contributed by atoms with Crippen LogP contribution in [0, 0.1) is 0 Å². The number of aliphatic carboxylic acids is 2. The van der Waals surface area contributed by atoms with Crippen LogP contribution in [0.2, 0.25) is 0 Å². The first-order valence-electron chi connectivity index (χ1n) is 6.80. The third-order valence-corrected chi connectivity index (χ3v) is 2.87. The van der Waals surface area contributed by atoms with Crippen LogP contribution in [0.4, 0.5) is 0 Å². The average Bonchev–Trinajstić information content (AvgIpc) is 2.38. The van der Waals surface area contributed by atoms with Crippen molar-refractivity contribution in [2.24, 2.45) is 0 Å². The lowest BCUT2D eigenvalue weighted by Gasteiger charge is -2.13. The number of carboxylic acid groups (broad SMARTS) is 2. The molecule has 1 atom stereocenters. The molecule has 0 bridgehead atoms. The molecule has 6 nitrogen and oxygen atoms in total. The SMILES string of the molecule is CCCCC/C=C(\C)C(=O)NC(CCC(=O)O)C(=O)O. The summed E-state index contributed by atoms with van der Waals surface area (Å²) in [6.07, 6.45) is 5.30. The summed E-state index contributed by atoms with van der Waals surface area (Å²) in [5.41, 5.74) is 0.461. The second-order valence-corrected chi connectivity index (χ2v) is 4.68. The number of carboxylic acids is 2. The highest BCUT2D eigenvalue weighted by Crippen LogP contribution is 2.05. The Hall–Kier alpha value is -1.85. The average molecular weight is 285 g/mol. The molecular weight excluding hydrogens is 262 g/mol. The van der Waals surface area contributed by atoms with Crippen LogP contribution in [0.1, 0.15) is 52.4 Å². The number of carbonyl (C=O) groups is 3. The third-order valence-electron chi connectivity index (χ3n) is 2.87. The lowest BCUT2D eigenvalue weighted by Crippen LogP contribution is -2.41. The molecule has 0 aliphatic carbocycles. The lowest BCUT2D eigenvalue weighted by molar-refractivity contribution is -0.142. The highest BCUT2D eigenvalue weighted by Gasteiger charge is 2.21. The number of carbonyl (C=O) groups excluding carboxylic acids is 1. The van der Waals surface area contributed by atoms with Gasteiger partial charge < -0.3 is 15.5 Å². The largest absolute Gasteiger partial charge is 0.481 e. The molecule has 0 rings (SSSR count). The van der Waals surface area contributed by atoms with Crippen molar-refractivity contribution in [2.45, 2.75) is 58.4 Å². The molecule has 0 aromatic heterocycles. The van der Waals surface area contributed by atoms with E-state index in [1.54, 1.807) is 13.0 Å². The molecule has 0 aromatic carbocycles. The zero-order chi connectivity index (χ0) is 15.5. The number of allylic oxidation sites excluding steroid dienone is 1. The Balaban J connectivity index is 4.36. The van der Waals surface area contributed by atoms with Gasteiger partial charge in [-0.1, -0.05) is 25.8 Å². The minimum absolute atomic E-state index is 0.125. The smallest absolute Gasteiger partial charge is 0.326 e. The van der Waals surface area contributed by atoms with Gasteiger partial charge in [-0.05, 0) is 26.2 Å². The van der Waals surface area contributed by atoms with Gasteiger partial charge in [-0.15, -0.1) is 0 Å². The second kappa shape index (κ2) is 10.00. The summed E-state index contributed by atoms with van der Waals surface area (Å²) in [6, 6.07) is -1.17. The summed E-state index contributed by atoms with van der Waals surface area (Å²) < 4.78 is 0. The van der Waals surface area contributed by atoms with Crippen LogP contribution in [0.5, 0.6) is 0 Å². The van der Waals surface area contributed by atoms with Crippen molar-refractivity contribution < 1.29 is 24.6 Å². The van der Waals surface area contributed by atoms with E-state index in [4.69, 9.17) is 10.2 Å². The highest BCUT2D eigenvalue weighted by molar-refractivity contribution is 5.95. The summed E-state index contributed by atoms with van der Waals surface area (Å²) >= 11 is 0. The molecule has 1 unspecified atom stereocenters. The number of nitrogens with one attached hydrogen (secondary N) is 1. The van der Waals surface area contributed by atoms with Crippen molar-refractivity contribution >= 4 is 17.8 Å². The first-order chi connectivity index (χ1) is 9.38. The lowest BCUT2D eigenvalue weighted by atomic mass is 10.1. The Labute approximate surface area is 118 Å². The fourth-order valence-electron chi connectivity index (χ4n) is 1.60. The number of amides is 1. The monoisotopic (exact) mass is 285 g/mol. The number of hydrogen-bond donors (Lipinski definition) is 3. The Morgan fingerprint density at radius 2 is 1.85 bits per heavy atom. The Morgan fingerprint density at radius 3 is 2.35 bits per heavy atom. The Kier molecular flexibility index (Phi) is 9.07. The van der Waals surface area contributed by atoms with Gasteiger partial charge in [0, 0.05) is 12.0 Å². The molecule has 0 saturated heterocycles. The van der Waals surface area contributed by atoms with Crippen LogP contribution in [-0.4, -0.2) is 34.1 Å². The molecule has 0 saturated carbocycles. The van der Waals surface area contributed by atoms with Crippen LogP contribution in [0.25, 0.3) is 0 Å². The van der Waals surface area contributed by atoms with Gasteiger partial charge in [0.05, 0.1) is 0 Å². The van der Waals surface area contributed by atoms with E-state index in [2.05, 4.69) is 12.2 Å². The third kappa shape index (κ3) is 8.29. The van der Waals surface area contributed by atoms with Gasteiger partial charge in [-0.25, -0.2) is 4.79 Å². The van der Waals surface area contributed by atoms with Crippen molar-refractivity contribution in [3.05, 3.63) is 11.6 Å². The summed E-state index contributed by atoms with van der Waals surface area (Å²) in [6.45, 7) is 3.71. The van der Waals surface area contributed by atoms with Gasteiger partial charge in [0.1, 0.15) is 6.04 Å². The maximum atomic E-state index is 11.8. The van der Waals surface area contributed by atoms with Crippen molar-refractivity contribution in [1.82, 2.24) is 5.32 Å². The minimum atomic E-state index is -1.22. The van der Waals surface area contributed by atoms with Gasteiger partial charge in [0.15, 0.2) is 0 Å². The molecule has 0 aromatic rings. The molecule has 6 heteroatoms.